The lowest BCUT2D eigenvalue weighted by Gasteiger charge is -2.46. The number of nitrogens with one attached hydrogen (secondary N) is 1. The molecule has 2 aliphatic rings. The normalized spacial score (nSPS) is 25.8. The Labute approximate surface area is 462 Å². The summed E-state index contributed by atoms with van der Waals surface area (Å²) in [5, 5.41) is 86.8. The average Bonchev–Trinajstić information content (AvgIpc) is 3.43. The Balaban J connectivity index is 1.81. The minimum atomic E-state index is -1.81. The Morgan fingerprint density at radius 1 is 0.481 bits per heavy atom. The molecule has 0 aliphatic carbocycles. The Hall–Kier alpha value is -4.13. The van der Waals surface area contributed by atoms with Crippen LogP contribution in [0.15, 0.2) is 146 Å². The van der Waals surface area contributed by atoms with Crippen molar-refractivity contribution in [2.45, 2.75) is 222 Å². The first kappa shape index (κ1) is 69.0. The Morgan fingerprint density at radius 3 is 1.40 bits per heavy atom. The highest BCUT2D eigenvalue weighted by Gasteiger charge is 2.51. The largest absolute Gasteiger partial charge is 0.394 e. The topological polar surface area (TPSA) is 228 Å². The van der Waals surface area contributed by atoms with Crippen molar-refractivity contribution in [1.82, 2.24) is 5.32 Å². The third kappa shape index (κ3) is 32.5. The van der Waals surface area contributed by atoms with Gasteiger partial charge in [0.15, 0.2) is 12.6 Å². The standard InChI is InChI=1S/C63H99NO13/c1-3-5-7-9-11-13-15-17-19-20-21-22-23-24-25-26-27-28-29-30-31-32-33-35-37-39-41-43-45-47-55(68)64-51(52(67)46-44-42-40-38-36-34-18-16-14-12-10-8-6-4-2)50-74-62-60(73)58(71)61(54(49-66)76-62)77-63-59(72)57(70)56(69)53(48-65)75-63/h5,7,11,13-14,16-17,19,21-22,24-25,27-28,30-31,33,35-36,38-39,41,44,46,51-54,56-63,65-67,69-73H,3-4,6,8-10,12,15,18,20,23,26,29,32,34,37,40,42-43,45,47-50H2,1-2H3,(H,64,68)/b7-5-,13-11-,16-14+,19-17-,22-21-,25-24-,28-27-,31-30-,35-33-,38-36+,41-39-,46-44+. The van der Waals surface area contributed by atoms with E-state index < -0.39 is 86.8 Å². The number of allylic oxidation sites excluding steroid dienone is 23. The van der Waals surface area contributed by atoms with Gasteiger partial charge in [-0.05, 0) is 109 Å². The summed E-state index contributed by atoms with van der Waals surface area (Å²) >= 11 is 0. The molecule has 0 aromatic carbocycles. The van der Waals surface area contributed by atoms with Gasteiger partial charge in [0.25, 0.3) is 0 Å². The van der Waals surface area contributed by atoms with Gasteiger partial charge in [0.2, 0.25) is 5.91 Å². The molecule has 0 radical (unpaired) electrons. The van der Waals surface area contributed by atoms with Gasteiger partial charge in [-0.15, -0.1) is 0 Å². The molecule has 14 nitrogen and oxygen atoms in total. The van der Waals surface area contributed by atoms with E-state index in [-0.39, 0.29) is 18.9 Å². The number of hydrogen-bond acceptors (Lipinski definition) is 13. The zero-order valence-electron chi connectivity index (χ0n) is 46.4. The fraction of sp³-hybridized carbons (Fsp3) is 0.603. The highest BCUT2D eigenvalue weighted by Crippen LogP contribution is 2.30. The van der Waals surface area contributed by atoms with Crippen LogP contribution in [0.3, 0.4) is 0 Å². The van der Waals surface area contributed by atoms with Gasteiger partial charge in [-0.25, -0.2) is 0 Å². The fourth-order valence-electron chi connectivity index (χ4n) is 8.14. The van der Waals surface area contributed by atoms with E-state index in [9.17, 15) is 45.6 Å². The molecule has 0 bridgehead atoms. The minimum absolute atomic E-state index is 0.179. The van der Waals surface area contributed by atoms with Crippen LogP contribution in [0.2, 0.25) is 0 Å². The van der Waals surface area contributed by atoms with Crippen LogP contribution in [0.25, 0.3) is 0 Å². The van der Waals surface area contributed by atoms with Crippen LogP contribution in [0.5, 0.6) is 0 Å². The van der Waals surface area contributed by atoms with Gasteiger partial charge >= 0.3 is 0 Å². The van der Waals surface area contributed by atoms with Crippen molar-refractivity contribution in [2.75, 3.05) is 19.8 Å². The SMILES string of the molecule is CC/C=C\C/C=C\C/C=C\C/C=C\C/C=C\C/C=C\C/C=C\C/C=C\C/C=C\CCCC(=O)NC(COC1OC(CO)C(OC2OC(CO)C(O)C(O)C2O)C(O)C1O)C(O)/C=C/CC/C=C/CC/C=C/CCCCCC. The molecule has 2 rings (SSSR count). The van der Waals surface area contributed by atoms with E-state index in [2.05, 4.69) is 147 Å². The summed E-state index contributed by atoms with van der Waals surface area (Å²) in [5.41, 5.74) is 0. The number of rotatable bonds is 42. The molecule has 0 aromatic rings. The van der Waals surface area contributed by atoms with Crippen LogP contribution in [0.1, 0.15) is 149 Å². The number of aliphatic hydroxyl groups is 8. The Kier molecular flexibility index (Phi) is 41.9. The summed E-state index contributed by atoms with van der Waals surface area (Å²) in [6.45, 7) is 2.55. The van der Waals surface area contributed by atoms with Gasteiger partial charge in [0, 0.05) is 6.42 Å². The Bertz CT molecular complexity index is 1840. The summed E-state index contributed by atoms with van der Waals surface area (Å²) in [5.74, 6) is -0.320. The molecule has 9 N–H and O–H groups in total. The van der Waals surface area contributed by atoms with Gasteiger partial charge in [-0.3, -0.25) is 4.79 Å². The van der Waals surface area contributed by atoms with Gasteiger partial charge in [0.05, 0.1) is 32.0 Å². The van der Waals surface area contributed by atoms with E-state index >= 15 is 0 Å². The van der Waals surface area contributed by atoms with E-state index in [0.29, 0.717) is 19.3 Å². The van der Waals surface area contributed by atoms with Crippen molar-refractivity contribution in [3.63, 3.8) is 0 Å². The number of carbonyl (C=O) groups is 1. The molecule has 2 heterocycles. The second-order valence-electron chi connectivity index (χ2n) is 19.3. The summed E-state index contributed by atoms with van der Waals surface area (Å²) in [4.78, 5) is 13.2. The first-order valence-corrected chi connectivity index (χ1v) is 28.6. The van der Waals surface area contributed by atoms with E-state index in [1.165, 1.54) is 25.7 Å². The lowest BCUT2D eigenvalue weighted by Crippen LogP contribution is -2.65. The third-order valence-electron chi connectivity index (χ3n) is 12.7. The van der Waals surface area contributed by atoms with Crippen LogP contribution in [-0.4, -0.2) is 140 Å². The quantitative estimate of drug-likeness (QED) is 0.0205. The van der Waals surface area contributed by atoms with Crippen molar-refractivity contribution in [1.29, 1.82) is 0 Å². The van der Waals surface area contributed by atoms with E-state index in [4.69, 9.17) is 18.9 Å². The first-order chi connectivity index (χ1) is 37.6. The number of carbonyl (C=O) groups excluding carboxylic acids is 1. The zero-order chi connectivity index (χ0) is 56.0. The molecule has 0 saturated carbocycles. The summed E-state index contributed by atoms with van der Waals surface area (Å²) in [6, 6.07) is -0.980. The lowest BCUT2D eigenvalue weighted by atomic mass is 9.97. The number of amides is 1. The molecule has 0 aromatic heterocycles. The van der Waals surface area contributed by atoms with Gasteiger partial charge in [0.1, 0.15) is 48.8 Å². The van der Waals surface area contributed by atoms with Gasteiger partial charge < -0.3 is 65.1 Å². The highest BCUT2D eigenvalue weighted by atomic mass is 16.7. The molecule has 0 spiro atoms. The first-order valence-electron chi connectivity index (χ1n) is 28.6. The molecule has 77 heavy (non-hydrogen) atoms. The van der Waals surface area contributed by atoms with Crippen molar-refractivity contribution >= 4 is 5.91 Å². The minimum Gasteiger partial charge on any atom is -0.394 e. The summed E-state index contributed by atoms with van der Waals surface area (Å²) < 4.78 is 22.7. The van der Waals surface area contributed by atoms with E-state index in [1.54, 1.807) is 6.08 Å². The second-order valence-corrected chi connectivity index (χ2v) is 19.3. The maximum Gasteiger partial charge on any atom is 0.220 e. The molecule has 12 atom stereocenters. The Morgan fingerprint density at radius 2 is 0.909 bits per heavy atom. The smallest absolute Gasteiger partial charge is 0.220 e. The lowest BCUT2D eigenvalue weighted by molar-refractivity contribution is -0.359. The van der Waals surface area contributed by atoms with Crippen LogP contribution < -0.4 is 5.32 Å². The molecule has 434 valence electrons. The molecule has 2 fully saturated rings. The molecule has 2 saturated heterocycles. The number of unbranched alkanes of at least 4 members (excludes halogenated alkanes) is 7. The molecule has 12 unspecified atom stereocenters. The number of hydrogen-bond donors (Lipinski definition) is 9. The monoisotopic (exact) mass is 1080 g/mol. The predicted molar refractivity (Wildman–Crippen MR) is 308 cm³/mol. The molecular weight excluding hydrogens is 979 g/mol. The van der Waals surface area contributed by atoms with E-state index in [0.717, 1.165) is 83.5 Å². The van der Waals surface area contributed by atoms with Crippen LogP contribution in [-0.2, 0) is 23.7 Å². The third-order valence-corrected chi connectivity index (χ3v) is 12.7. The van der Waals surface area contributed by atoms with Gasteiger partial charge in [-0.1, -0.05) is 179 Å². The maximum atomic E-state index is 13.2. The molecule has 2 aliphatic heterocycles. The van der Waals surface area contributed by atoms with Crippen LogP contribution in [0.4, 0.5) is 0 Å². The van der Waals surface area contributed by atoms with Crippen molar-refractivity contribution in [3.05, 3.63) is 146 Å². The zero-order valence-corrected chi connectivity index (χ0v) is 46.4. The van der Waals surface area contributed by atoms with Crippen LogP contribution >= 0.6 is 0 Å². The highest BCUT2D eigenvalue weighted by molar-refractivity contribution is 5.76. The number of aliphatic hydroxyl groups excluding tert-OH is 8. The molecule has 14 heteroatoms. The van der Waals surface area contributed by atoms with Crippen LogP contribution in [0, 0.1) is 0 Å². The fourth-order valence-corrected chi connectivity index (χ4v) is 8.14. The average molecular weight is 1080 g/mol. The van der Waals surface area contributed by atoms with Crippen molar-refractivity contribution in [3.8, 4) is 0 Å². The summed E-state index contributed by atoms with van der Waals surface area (Å²) in [6.07, 6.45) is 53.2. The number of ether oxygens (including phenoxy) is 4. The predicted octanol–water partition coefficient (Wildman–Crippen LogP) is 9.38. The summed E-state index contributed by atoms with van der Waals surface area (Å²) in [7, 11) is 0. The molecule has 1 amide bonds. The van der Waals surface area contributed by atoms with Crippen molar-refractivity contribution < 1.29 is 64.6 Å². The molecular formula is C63H99NO13. The maximum absolute atomic E-state index is 13.2. The second kappa shape index (κ2) is 46.8. The van der Waals surface area contributed by atoms with E-state index in [1.807, 2.05) is 12.2 Å². The van der Waals surface area contributed by atoms with Crippen molar-refractivity contribution in [2.24, 2.45) is 0 Å². The van der Waals surface area contributed by atoms with Gasteiger partial charge in [-0.2, -0.15) is 0 Å².